The number of carbonyl (C=O) groups excluding carboxylic acids is 1. The number of benzene rings is 2. The number of carbonyl (C=O) groups is 1. The Bertz CT molecular complexity index is 774. The average Bonchev–Trinajstić information content (AvgIpc) is 2.65. The number of nitrogens with zero attached hydrogens (tertiary/aromatic N) is 2. The van der Waals surface area contributed by atoms with E-state index in [1.807, 2.05) is 31.2 Å². The van der Waals surface area contributed by atoms with Crippen LogP contribution in [0.4, 0.5) is 5.69 Å². The van der Waals surface area contributed by atoms with Crippen molar-refractivity contribution in [3.8, 4) is 11.5 Å². The summed E-state index contributed by atoms with van der Waals surface area (Å²) in [6, 6.07) is 11.4. The van der Waals surface area contributed by atoms with Gasteiger partial charge in [-0.05, 0) is 36.8 Å². The van der Waals surface area contributed by atoms with Gasteiger partial charge in [-0.1, -0.05) is 12.1 Å². The van der Waals surface area contributed by atoms with Crippen LogP contribution in [-0.2, 0) is 0 Å². The van der Waals surface area contributed by atoms with Gasteiger partial charge in [-0.3, -0.25) is 14.9 Å². The molecule has 1 amide bonds. The summed E-state index contributed by atoms with van der Waals surface area (Å²) in [5.74, 6) is 0.539. The zero-order valence-corrected chi connectivity index (χ0v) is 14.6. The molecule has 0 saturated heterocycles. The van der Waals surface area contributed by atoms with Crippen molar-refractivity contribution >= 4 is 11.6 Å². The van der Waals surface area contributed by atoms with Crippen LogP contribution < -0.4 is 9.47 Å². The van der Waals surface area contributed by atoms with E-state index in [4.69, 9.17) is 9.47 Å². The molecule has 0 aromatic heterocycles. The van der Waals surface area contributed by atoms with Crippen LogP contribution in [0.2, 0.25) is 0 Å². The minimum absolute atomic E-state index is 0.118. The number of nitro benzene ring substituents is 1. The fourth-order valence-electron chi connectivity index (χ4n) is 2.45. The molecule has 7 heteroatoms. The van der Waals surface area contributed by atoms with Crippen LogP contribution in [0.3, 0.4) is 0 Å². The Morgan fingerprint density at radius 1 is 1.12 bits per heavy atom. The normalized spacial score (nSPS) is 11.5. The Hall–Kier alpha value is -3.09. The molecule has 0 fully saturated rings. The molecule has 2 aromatic carbocycles. The third-order valence-corrected chi connectivity index (χ3v) is 4.12. The molecule has 0 aliphatic carbocycles. The second kappa shape index (κ2) is 7.65. The summed E-state index contributed by atoms with van der Waals surface area (Å²) in [5, 5.41) is 11.1. The van der Waals surface area contributed by atoms with Crippen molar-refractivity contribution in [2.24, 2.45) is 0 Å². The Morgan fingerprint density at radius 2 is 1.76 bits per heavy atom. The minimum atomic E-state index is -0.567. The molecule has 0 aliphatic heterocycles. The van der Waals surface area contributed by atoms with Crippen LogP contribution in [0.25, 0.3) is 0 Å². The van der Waals surface area contributed by atoms with Gasteiger partial charge in [-0.25, -0.2) is 0 Å². The summed E-state index contributed by atoms with van der Waals surface area (Å²) >= 11 is 0. The number of hydrogen-bond donors (Lipinski definition) is 0. The summed E-state index contributed by atoms with van der Waals surface area (Å²) < 4.78 is 10.1. The van der Waals surface area contributed by atoms with Gasteiger partial charge < -0.3 is 14.4 Å². The van der Waals surface area contributed by atoms with E-state index in [9.17, 15) is 14.9 Å². The highest BCUT2D eigenvalue weighted by Crippen LogP contribution is 2.29. The molecule has 0 saturated carbocycles. The smallest absolute Gasteiger partial charge is 0.311 e. The number of methoxy groups -OCH3 is 2. The summed E-state index contributed by atoms with van der Waals surface area (Å²) in [7, 11) is 4.60. The lowest BCUT2D eigenvalue weighted by Crippen LogP contribution is -2.29. The number of ether oxygens (including phenoxy) is 2. The van der Waals surface area contributed by atoms with E-state index < -0.39 is 4.92 Å². The topological polar surface area (TPSA) is 81.9 Å². The molecule has 132 valence electrons. The fourth-order valence-corrected chi connectivity index (χ4v) is 2.45. The molecule has 1 atom stereocenters. The Balaban J connectivity index is 2.26. The van der Waals surface area contributed by atoms with Gasteiger partial charge in [0.25, 0.3) is 5.91 Å². The van der Waals surface area contributed by atoms with E-state index >= 15 is 0 Å². The first-order valence-electron chi connectivity index (χ1n) is 7.62. The molecule has 0 bridgehead atoms. The molecule has 7 nitrogen and oxygen atoms in total. The third-order valence-electron chi connectivity index (χ3n) is 4.12. The van der Waals surface area contributed by atoms with E-state index in [0.717, 1.165) is 11.3 Å². The summed E-state index contributed by atoms with van der Waals surface area (Å²) in [5.41, 5.74) is 0.925. The lowest BCUT2D eigenvalue weighted by atomic mass is 10.1. The van der Waals surface area contributed by atoms with Gasteiger partial charge in [0.2, 0.25) is 0 Å². The van der Waals surface area contributed by atoms with E-state index in [0.29, 0.717) is 0 Å². The van der Waals surface area contributed by atoms with Crippen molar-refractivity contribution < 1.29 is 19.2 Å². The quantitative estimate of drug-likeness (QED) is 0.592. The Morgan fingerprint density at radius 3 is 2.28 bits per heavy atom. The molecule has 0 spiro atoms. The number of rotatable bonds is 6. The summed E-state index contributed by atoms with van der Waals surface area (Å²) in [4.78, 5) is 24.8. The molecule has 0 aliphatic rings. The van der Waals surface area contributed by atoms with Gasteiger partial charge >= 0.3 is 5.69 Å². The zero-order chi connectivity index (χ0) is 18.6. The summed E-state index contributed by atoms with van der Waals surface area (Å²) in [6.07, 6.45) is 0. The maximum atomic E-state index is 12.7. The van der Waals surface area contributed by atoms with Crippen LogP contribution in [0.1, 0.15) is 28.9 Å². The first-order chi connectivity index (χ1) is 11.9. The first-order valence-corrected chi connectivity index (χ1v) is 7.62. The number of hydrogen-bond acceptors (Lipinski definition) is 5. The van der Waals surface area contributed by atoms with Gasteiger partial charge in [-0.15, -0.1) is 0 Å². The van der Waals surface area contributed by atoms with Gasteiger partial charge in [0.05, 0.1) is 25.2 Å². The van der Waals surface area contributed by atoms with Crippen molar-refractivity contribution in [3.63, 3.8) is 0 Å². The van der Waals surface area contributed by atoms with E-state index in [1.54, 1.807) is 14.2 Å². The van der Waals surface area contributed by atoms with Crippen molar-refractivity contribution in [2.75, 3.05) is 21.3 Å². The third kappa shape index (κ3) is 3.88. The highest BCUT2D eigenvalue weighted by Gasteiger charge is 2.23. The molecule has 2 rings (SSSR count). The monoisotopic (exact) mass is 344 g/mol. The predicted molar refractivity (Wildman–Crippen MR) is 93.2 cm³/mol. The van der Waals surface area contributed by atoms with Crippen molar-refractivity contribution in [2.45, 2.75) is 13.0 Å². The zero-order valence-electron chi connectivity index (χ0n) is 14.6. The molecule has 0 N–H and O–H groups in total. The van der Waals surface area contributed by atoms with Gasteiger partial charge in [0, 0.05) is 18.7 Å². The Kier molecular flexibility index (Phi) is 5.59. The van der Waals surface area contributed by atoms with Crippen molar-refractivity contribution in [1.82, 2.24) is 4.90 Å². The van der Waals surface area contributed by atoms with E-state index in [1.165, 1.54) is 30.2 Å². The highest BCUT2D eigenvalue weighted by molar-refractivity contribution is 5.95. The molecular formula is C18H20N2O5. The van der Waals surface area contributed by atoms with E-state index in [-0.39, 0.29) is 28.9 Å². The van der Waals surface area contributed by atoms with Crippen molar-refractivity contribution in [1.29, 1.82) is 0 Å². The second-order valence-corrected chi connectivity index (χ2v) is 5.51. The fraction of sp³-hybridized carbons (Fsp3) is 0.278. The van der Waals surface area contributed by atoms with Crippen LogP contribution in [0.5, 0.6) is 11.5 Å². The maximum Gasteiger partial charge on any atom is 0.311 e. The largest absolute Gasteiger partial charge is 0.497 e. The SMILES string of the molecule is COc1ccc(C(C)N(C)C(=O)c2ccc(OC)c([N+](=O)[O-])c2)cc1. The molecule has 1 unspecified atom stereocenters. The molecular weight excluding hydrogens is 324 g/mol. The first kappa shape index (κ1) is 18.3. The maximum absolute atomic E-state index is 12.7. The van der Waals surface area contributed by atoms with Crippen LogP contribution in [0.15, 0.2) is 42.5 Å². The van der Waals surface area contributed by atoms with E-state index in [2.05, 4.69) is 0 Å². The predicted octanol–water partition coefficient (Wildman–Crippen LogP) is 3.45. The van der Waals surface area contributed by atoms with Crippen molar-refractivity contribution in [3.05, 3.63) is 63.7 Å². The minimum Gasteiger partial charge on any atom is -0.497 e. The van der Waals surface area contributed by atoms with Crippen LogP contribution >= 0.6 is 0 Å². The lowest BCUT2D eigenvalue weighted by Gasteiger charge is -2.25. The van der Waals surface area contributed by atoms with Gasteiger partial charge in [0.1, 0.15) is 5.75 Å². The number of nitro groups is 1. The highest BCUT2D eigenvalue weighted by atomic mass is 16.6. The second-order valence-electron chi connectivity index (χ2n) is 5.51. The molecule has 0 radical (unpaired) electrons. The standard InChI is InChI=1S/C18H20N2O5/c1-12(13-5-8-15(24-3)9-6-13)19(2)18(21)14-7-10-17(25-4)16(11-14)20(22)23/h5-12H,1-4H3. The Labute approximate surface area is 145 Å². The number of amides is 1. The average molecular weight is 344 g/mol. The lowest BCUT2D eigenvalue weighted by molar-refractivity contribution is -0.385. The van der Waals surface area contributed by atoms with Crippen LogP contribution in [-0.4, -0.2) is 37.0 Å². The summed E-state index contributed by atoms with van der Waals surface area (Å²) in [6.45, 7) is 1.89. The van der Waals surface area contributed by atoms with Gasteiger partial charge in [0.15, 0.2) is 5.75 Å². The van der Waals surface area contributed by atoms with Gasteiger partial charge in [-0.2, -0.15) is 0 Å². The molecule has 25 heavy (non-hydrogen) atoms. The van der Waals surface area contributed by atoms with Crippen LogP contribution in [0, 0.1) is 10.1 Å². The molecule has 0 heterocycles. The molecule has 2 aromatic rings.